The Balaban J connectivity index is 1.68. The lowest BCUT2D eigenvalue weighted by Gasteiger charge is -2.41. The number of hydrogen-bond donors (Lipinski definition) is 0. The molecule has 5 atom stereocenters. The van der Waals surface area contributed by atoms with Gasteiger partial charge in [0.25, 0.3) is 0 Å². The summed E-state index contributed by atoms with van der Waals surface area (Å²) in [6.07, 6.45) is -11.9. The number of alkyl halides is 6. The van der Waals surface area contributed by atoms with Crippen molar-refractivity contribution in [3.05, 3.63) is 70.3 Å². The molecule has 196 valence electrons. The smallest absolute Gasteiger partial charge is 0.352 e. The van der Waals surface area contributed by atoms with Crippen LogP contribution < -0.4 is 0 Å². The molecule has 4 nitrogen and oxygen atoms in total. The number of aryl methyl sites for hydroxylation is 1. The van der Waals surface area contributed by atoms with Crippen LogP contribution in [0.1, 0.15) is 53.7 Å². The standard InChI is InChI=1S/C26H27F6NO3/c1-14-6-4-5-7-21(14)23-22-12-33(16(3)34)11-18(22)13-35-24(23)36-15(2)17-8-19(25(27,28)29)10-20(9-17)26(30,31)32/h4-10,15,18,22-24H,11-13H2,1-3H3/t15-,18+,22-,23+,24-/m1/s1. The van der Waals surface area contributed by atoms with Crippen molar-refractivity contribution in [1.29, 1.82) is 0 Å². The molecule has 0 spiro atoms. The molecule has 2 aliphatic rings. The van der Waals surface area contributed by atoms with Gasteiger partial charge in [0.2, 0.25) is 5.91 Å². The molecule has 0 unspecified atom stereocenters. The van der Waals surface area contributed by atoms with Crippen molar-refractivity contribution in [2.75, 3.05) is 19.7 Å². The Morgan fingerprint density at radius 1 is 1.03 bits per heavy atom. The number of likely N-dealkylation sites (tertiary alicyclic amines) is 1. The van der Waals surface area contributed by atoms with Crippen LogP contribution >= 0.6 is 0 Å². The number of carbonyl (C=O) groups excluding carboxylic acids is 1. The molecular weight excluding hydrogens is 488 g/mol. The number of halogens is 6. The number of fused-ring (bicyclic) bond motifs is 1. The Kier molecular flexibility index (Phi) is 7.13. The summed E-state index contributed by atoms with van der Waals surface area (Å²) in [7, 11) is 0. The van der Waals surface area contributed by atoms with Crippen LogP contribution in [-0.2, 0) is 26.6 Å². The molecule has 0 radical (unpaired) electrons. The Morgan fingerprint density at radius 2 is 1.64 bits per heavy atom. The van der Waals surface area contributed by atoms with Gasteiger partial charge in [-0.25, -0.2) is 0 Å². The van der Waals surface area contributed by atoms with Crippen molar-refractivity contribution < 1.29 is 40.6 Å². The number of rotatable bonds is 4. The van der Waals surface area contributed by atoms with E-state index >= 15 is 0 Å². The Labute approximate surface area is 205 Å². The average Bonchev–Trinajstić information content (AvgIpc) is 3.23. The van der Waals surface area contributed by atoms with Gasteiger partial charge >= 0.3 is 12.4 Å². The summed E-state index contributed by atoms with van der Waals surface area (Å²) in [6.45, 7) is 6.08. The van der Waals surface area contributed by atoms with Crippen molar-refractivity contribution >= 4 is 5.91 Å². The van der Waals surface area contributed by atoms with Crippen LogP contribution in [-0.4, -0.2) is 36.8 Å². The molecule has 0 aliphatic carbocycles. The predicted octanol–water partition coefficient (Wildman–Crippen LogP) is 6.34. The van der Waals surface area contributed by atoms with E-state index in [0.29, 0.717) is 25.2 Å². The van der Waals surface area contributed by atoms with Crippen LogP contribution in [0.15, 0.2) is 42.5 Å². The third-order valence-corrected chi connectivity index (χ3v) is 7.13. The molecule has 1 amide bonds. The van der Waals surface area contributed by atoms with E-state index in [1.54, 1.807) is 4.90 Å². The van der Waals surface area contributed by atoms with Gasteiger partial charge in [-0.2, -0.15) is 26.3 Å². The van der Waals surface area contributed by atoms with Gasteiger partial charge < -0.3 is 14.4 Å². The first-order valence-corrected chi connectivity index (χ1v) is 11.6. The third-order valence-electron chi connectivity index (χ3n) is 7.13. The first kappa shape index (κ1) is 26.5. The first-order valence-electron chi connectivity index (χ1n) is 11.6. The zero-order valence-corrected chi connectivity index (χ0v) is 20.0. The van der Waals surface area contributed by atoms with E-state index in [-0.39, 0.29) is 41.9 Å². The molecule has 0 aromatic heterocycles. The summed E-state index contributed by atoms with van der Waals surface area (Å²) in [5, 5.41) is 0. The number of amides is 1. The molecule has 0 N–H and O–H groups in total. The van der Waals surface area contributed by atoms with Gasteiger partial charge in [-0.05, 0) is 54.7 Å². The molecular formula is C26H27F6NO3. The van der Waals surface area contributed by atoms with E-state index in [1.807, 2.05) is 31.2 Å². The minimum atomic E-state index is -4.95. The fourth-order valence-electron chi connectivity index (χ4n) is 5.22. The second-order valence-electron chi connectivity index (χ2n) is 9.55. The quantitative estimate of drug-likeness (QED) is 0.446. The number of nitrogens with zero attached hydrogens (tertiary/aromatic N) is 1. The first-order chi connectivity index (χ1) is 16.8. The molecule has 2 aromatic carbocycles. The normalized spacial score (nSPS) is 25.5. The number of carbonyl (C=O) groups is 1. The number of ether oxygens (including phenoxy) is 2. The van der Waals surface area contributed by atoms with E-state index in [2.05, 4.69) is 0 Å². The highest BCUT2D eigenvalue weighted by Gasteiger charge is 2.48. The lowest BCUT2D eigenvalue weighted by Crippen LogP contribution is -2.42. The Morgan fingerprint density at radius 3 is 2.19 bits per heavy atom. The molecule has 2 heterocycles. The van der Waals surface area contributed by atoms with Crippen molar-refractivity contribution in [3.8, 4) is 0 Å². The fraction of sp³-hybridized carbons (Fsp3) is 0.500. The van der Waals surface area contributed by atoms with E-state index < -0.39 is 35.9 Å². The van der Waals surface area contributed by atoms with Crippen LogP contribution in [0, 0.1) is 18.8 Å². The summed E-state index contributed by atoms with van der Waals surface area (Å²) in [4.78, 5) is 13.8. The predicted molar refractivity (Wildman–Crippen MR) is 119 cm³/mol. The van der Waals surface area contributed by atoms with E-state index in [0.717, 1.165) is 11.1 Å². The summed E-state index contributed by atoms with van der Waals surface area (Å²) < 4.78 is 92.3. The molecule has 36 heavy (non-hydrogen) atoms. The van der Waals surface area contributed by atoms with Gasteiger partial charge in [0.15, 0.2) is 6.29 Å². The highest BCUT2D eigenvalue weighted by molar-refractivity contribution is 5.73. The molecule has 2 saturated heterocycles. The number of hydrogen-bond acceptors (Lipinski definition) is 3. The fourth-order valence-corrected chi connectivity index (χ4v) is 5.22. The van der Waals surface area contributed by atoms with Crippen LogP contribution in [0.25, 0.3) is 0 Å². The largest absolute Gasteiger partial charge is 0.416 e. The second kappa shape index (κ2) is 9.70. The summed E-state index contributed by atoms with van der Waals surface area (Å²) >= 11 is 0. The second-order valence-corrected chi connectivity index (χ2v) is 9.55. The lowest BCUT2D eigenvalue weighted by atomic mass is 9.76. The molecule has 2 aliphatic heterocycles. The highest BCUT2D eigenvalue weighted by Crippen LogP contribution is 2.46. The van der Waals surface area contributed by atoms with Crippen LogP contribution in [0.4, 0.5) is 26.3 Å². The minimum Gasteiger partial charge on any atom is -0.352 e. The van der Waals surface area contributed by atoms with Crippen LogP contribution in [0.5, 0.6) is 0 Å². The van der Waals surface area contributed by atoms with Gasteiger partial charge in [0.05, 0.1) is 23.8 Å². The SMILES string of the molecule is CC(=O)N1C[C@H]2CO[C@H](O[C@H](C)c3cc(C(F)(F)F)cc(C(F)(F)F)c3)[C@@H](c3ccccc3C)[C@@H]2C1. The minimum absolute atomic E-state index is 0.0341. The zero-order chi connectivity index (χ0) is 26.4. The Hall–Kier alpha value is -2.59. The topological polar surface area (TPSA) is 38.8 Å². The highest BCUT2D eigenvalue weighted by atomic mass is 19.4. The maximum Gasteiger partial charge on any atom is 0.416 e. The van der Waals surface area contributed by atoms with Crippen molar-refractivity contribution in [2.24, 2.45) is 11.8 Å². The van der Waals surface area contributed by atoms with Gasteiger partial charge in [0.1, 0.15) is 0 Å². The summed E-state index contributed by atoms with van der Waals surface area (Å²) in [5.41, 5.74) is -1.17. The monoisotopic (exact) mass is 515 g/mol. The molecule has 10 heteroatoms. The van der Waals surface area contributed by atoms with Crippen molar-refractivity contribution in [2.45, 2.75) is 51.4 Å². The average molecular weight is 515 g/mol. The lowest BCUT2D eigenvalue weighted by molar-refractivity contribution is -0.217. The molecule has 2 aromatic rings. The number of benzene rings is 2. The van der Waals surface area contributed by atoms with Crippen molar-refractivity contribution in [3.63, 3.8) is 0 Å². The van der Waals surface area contributed by atoms with Gasteiger partial charge in [-0.1, -0.05) is 24.3 Å². The molecule has 0 bridgehead atoms. The summed E-state index contributed by atoms with van der Waals surface area (Å²) in [6, 6.07) is 9.02. The van der Waals surface area contributed by atoms with Gasteiger partial charge in [-0.3, -0.25) is 4.79 Å². The van der Waals surface area contributed by atoms with Gasteiger partial charge in [-0.15, -0.1) is 0 Å². The van der Waals surface area contributed by atoms with Crippen LogP contribution in [0.3, 0.4) is 0 Å². The zero-order valence-electron chi connectivity index (χ0n) is 20.0. The van der Waals surface area contributed by atoms with E-state index in [4.69, 9.17) is 9.47 Å². The maximum atomic E-state index is 13.4. The summed E-state index contributed by atoms with van der Waals surface area (Å²) in [5.74, 6) is -0.417. The molecule has 0 saturated carbocycles. The van der Waals surface area contributed by atoms with Gasteiger partial charge in [0, 0.05) is 31.8 Å². The van der Waals surface area contributed by atoms with Crippen molar-refractivity contribution in [1.82, 2.24) is 4.90 Å². The van der Waals surface area contributed by atoms with E-state index in [1.165, 1.54) is 13.8 Å². The molecule has 2 fully saturated rings. The van der Waals surface area contributed by atoms with Crippen LogP contribution in [0.2, 0.25) is 0 Å². The van der Waals surface area contributed by atoms with E-state index in [9.17, 15) is 31.1 Å². The Bertz CT molecular complexity index is 1080. The third kappa shape index (κ3) is 5.39. The molecule has 4 rings (SSSR count). The maximum absolute atomic E-state index is 13.4.